The minimum absolute atomic E-state index is 0.226. The van der Waals surface area contributed by atoms with Gasteiger partial charge in [0.05, 0.1) is 6.10 Å². The van der Waals surface area contributed by atoms with Gasteiger partial charge in [-0.25, -0.2) is 0 Å². The zero-order chi connectivity index (χ0) is 8.97. The molecule has 70 valence electrons. The molecule has 2 nitrogen and oxygen atoms in total. The summed E-state index contributed by atoms with van der Waals surface area (Å²) in [6.45, 7) is 2.12. The maximum atomic E-state index is 10.9. The minimum Gasteiger partial charge on any atom is -0.393 e. The Bertz CT molecular complexity index is 154. The second-order valence-electron chi connectivity index (χ2n) is 3.75. The molecule has 0 spiro atoms. The van der Waals surface area contributed by atoms with Gasteiger partial charge in [-0.05, 0) is 18.8 Å². The fraction of sp³-hybridized carbons (Fsp3) is 0.900. The van der Waals surface area contributed by atoms with E-state index >= 15 is 0 Å². The largest absolute Gasteiger partial charge is 0.393 e. The van der Waals surface area contributed by atoms with E-state index in [0.717, 1.165) is 25.7 Å². The molecule has 2 atom stereocenters. The van der Waals surface area contributed by atoms with E-state index in [4.69, 9.17) is 0 Å². The summed E-state index contributed by atoms with van der Waals surface area (Å²) in [7, 11) is 0. The van der Waals surface area contributed by atoms with Crippen LogP contribution in [0.2, 0.25) is 0 Å². The first-order valence-electron chi connectivity index (χ1n) is 4.93. The van der Waals surface area contributed by atoms with Crippen molar-refractivity contribution in [3.8, 4) is 0 Å². The zero-order valence-corrected chi connectivity index (χ0v) is 7.75. The summed E-state index contributed by atoms with van der Waals surface area (Å²) < 4.78 is 0. The van der Waals surface area contributed by atoms with Crippen molar-refractivity contribution in [1.29, 1.82) is 0 Å². The van der Waals surface area contributed by atoms with Gasteiger partial charge in [0.15, 0.2) is 0 Å². The Morgan fingerprint density at radius 2 is 2.42 bits per heavy atom. The van der Waals surface area contributed by atoms with Crippen LogP contribution in [0.4, 0.5) is 0 Å². The van der Waals surface area contributed by atoms with Gasteiger partial charge < -0.3 is 5.11 Å². The molecule has 1 aliphatic rings. The third kappa shape index (κ3) is 2.59. The Morgan fingerprint density at radius 3 is 2.92 bits per heavy atom. The van der Waals surface area contributed by atoms with E-state index in [1.807, 2.05) is 0 Å². The number of rotatable bonds is 4. The molecule has 1 N–H and O–H groups in total. The molecular weight excluding hydrogens is 152 g/mol. The van der Waals surface area contributed by atoms with Crippen LogP contribution in [0.3, 0.4) is 0 Å². The van der Waals surface area contributed by atoms with Crippen molar-refractivity contribution >= 4 is 5.78 Å². The number of ketones is 1. The van der Waals surface area contributed by atoms with Crippen molar-refractivity contribution in [2.24, 2.45) is 5.92 Å². The van der Waals surface area contributed by atoms with Gasteiger partial charge in [-0.1, -0.05) is 19.8 Å². The fourth-order valence-corrected chi connectivity index (χ4v) is 1.82. The van der Waals surface area contributed by atoms with Crippen molar-refractivity contribution in [2.75, 3.05) is 0 Å². The normalized spacial score (nSPS) is 26.2. The van der Waals surface area contributed by atoms with E-state index in [2.05, 4.69) is 6.92 Å². The van der Waals surface area contributed by atoms with Crippen LogP contribution in [0.25, 0.3) is 0 Å². The quantitative estimate of drug-likeness (QED) is 0.699. The lowest BCUT2D eigenvalue weighted by Gasteiger charge is -2.15. The minimum atomic E-state index is -0.226. The van der Waals surface area contributed by atoms with Crippen LogP contribution in [-0.2, 0) is 4.79 Å². The van der Waals surface area contributed by atoms with Crippen molar-refractivity contribution in [3.05, 3.63) is 0 Å². The van der Waals surface area contributed by atoms with Gasteiger partial charge in [-0.15, -0.1) is 0 Å². The second-order valence-corrected chi connectivity index (χ2v) is 3.75. The van der Waals surface area contributed by atoms with Crippen LogP contribution in [0, 0.1) is 5.92 Å². The van der Waals surface area contributed by atoms with E-state index in [-0.39, 0.29) is 12.0 Å². The molecule has 1 rings (SSSR count). The number of hydrogen-bond donors (Lipinski definition) is 1. The van der Waals surface area contributed by atoms with Gasteiger partial charge in [0, 0.05) is 12.8 Å². The summed E-state index contributed by atoms with van der Waals surface area (Å²) >= 11 is 0. The van der Waals surface area contributed by atoms with Crippen LogP contribution < -0.4 is 0 Å². The molecule has 0 aromatic heterocycles. The first-order chi connectivity index (χ1) is 5.74. The van der Waals surface area contributed by atoms with Crippen molar-refractivity contribution < 1.29 is 9.90 Å². The molecule has 12 heavy (non-hydrogen) atoms. The van der Waals surface area contributed by atoms with Crippen LogP contribution in [0.15, 0.2) is 0 Å². The van der Waals surface area contributed by atoms with E-state index in [1.165, 1.54) is 0 Å². The smallest absolute Gasteiger partial charge is 0.133 e. The number of carbonyl (C=O) groups is 1. The molecule has 0 aromatic carbocycles. The lowest BCUT2D eigenvalue weighted by atomic mass is 9.96. The van der Waals surface area contributed by atoms with E-state index in [9.17, 15) is 9.90 Å². The predicted molar refractivity (Wildman–Crippen MR) is 47.9 cm³/mol. The predicted octanol–water partition coefficient (Wildman–Crippen LogP) is 1.91. The Labute approximate surface area is 74.0 Å². The molecule has 0 radical (unpaired) electrons. The van der Waals surface area contributed by atoms with Gasteiger partial charge >= 0.3 is 0 Å². The topological polar surface area (TPSA) is 37.3 Å². The Hall–Kier alpha value is -0.370. The fourth-order valence-electron chi connectivity index (χ4n) is 1.82. The summed E-state index contributed by atoms with van der Waals surface area (Å²) in [5.41, 5.74) is 0. The summed E-state index contributed by atoms with van der Waals surface area (Å²) in [6.07, 6.45) is 5.05. The number of unbranched alkanes of at least 4 members (excludes halogenated alkanes) is 1. The first kappa shape index (κ1) is 9.72. The Kier molecular flexibility index (Phi) is 3.73. The molecule has 1 unspecified atom stereocenters. The van der Waals surface area contributed by atoms with Gasteiger partial charge in [-0.3, -0.25) is 4.79 Å². The summed E-state index contributed by atoms with van der Waals surface area (Å²) in [6, 6.07) is 0. The van der Waals surface area contributed by atoms with Crippen LogP contribution in [0.5, 0.6) is 0 Å². The van der Waals surface area contributed by atoms with Crippen LogP contribution in [0.1, 0.15) is 45.4 Å². The van der Waals surface area contributed by atoms with Gasteiger partial charge in [0.1, 0.15) is 5.78 Å². The Balaban J connectivity index is 2.23. The van der Waals surface area contributed by atoms with E-state index in [1.54, 1.807) is 0 Å². The molecule has 0 aliphatic heterocycles. The van der Waals surface area contributed by atoms with Crippen LogP contribution >= 0.6 is 0 Å². The molecule has 0 aromatic rings. The van der Waals surface area contributed by atoms with E-state index in [0.29, 0.717) is 18.6 Å². The molecule has 1 aliphatic carbocycles. The molecule has 0 amide bonds. The van der Waals surface area contributed by atoms with Crippen molar-refractivity contribution in [2.45, 2.75) is 51.6 Å². The summed E-state index contributed by atoms with van der Waals surface area (Å²) in [5.74, 6) is 0.597. The highest BCUT2D eigenvalue weighted by atomic mass is 16.3. The highest BCUT2D eigenvalue weighted by molar-refractivity contribution is 5.80. The van der Waals surface area contributed by atoms with Gasteiger partial charge in [-0.2, -0.15) is 0 Å². The number of hydrogen-bond acceptors (Lipinski definition) is 2. The highest BCUT2D eigenvalue weighted by Gasteiger charge is 2.27. The molecule has 0 heterocycles. The number of aliphatic hydroxyl groups is 1. The maximum absolute atomic E-state index is 10.9. The lowest BCUT2D eigenvalue weighted by molar-refractivity contribution is -0.117. The number of aliphatic hydroxyl groups excluding tert-OH is 1. The molecule has 1 saturated carbocycles. The summed E-state index contributed by atoms with van der Waals surface area (Å²) in [5, 5.41) is 9.65. The van der Waals surface area contributed by atoms with Gasteiger partial charge in [0.25, 0.3) is 0 Å². The molecule has 1 fully saturated rings. The first-order valence-corrected chi connectivity index (χ1v) is 4.93. The Morgan fingerprint density at radius 1 is 1.67 bits per heavy atom. The molecule has 0 bridgehead atoms. The monoisotopic (exact) mass is 170 g/mol. The van der Waals surface area contributed by atoms with Crippen molar-refractivity contribution in [1.82, 2.24) is 0 Å². The molecular formula is C10H18O2. The standard InChI is InChI=1S/C10H18O2/c1-2-3-4-10(12)8-5-6-9(11)7-8/h8,10,12H,2-7H2,1H3/t8-,10?/m0/s1. The third-order valence-electron chi connectivity index (χ3n) is 2.68. The average molecular weight is 170 g/mol. The third-order valence-corrected chi connectivity index (χ3v) is 2.68. The SMILES string of the molecule is CCCCC(O)[C@H]1CCC(=O)C1. The lowest BCUT2D eigenvalue weighted by Crippen LogP contribution is -2.17. The summed E-state index contributed by atoms with van der Waals surface area (Å²) in [4.78, 5) is 10.9. The molecule has 0 saturated heterocycles. The highest BCUT2D eigenvalue weighted by Crippen LogP contribution is 2.27. The number of Topliss-reactive ketones (excluding diaryl/α,β-unsaturated/α-hetero) is 1. The van der Waals surface area contributed by atoms with Crippen LogP contribution in [-0.4, -0.2) is 17.0 Å². The molecule has 2 heteroatoms. The van der Waals surface area contributed by atoms with Crippen molar-refractivity contribution in [3.63, 3.8) is 0 Å². The van der Waals surface area contributed by atoms with Gasteiger partial charge in [0.2, 0.25) is 0 Å². The number of carbonyl (C=O) groups excluding carboxylic acids is 1. The zero-order valence-electron chi connectivity index (χ0n) is 7.75. The van der Waals surface area contributed by atoms with E-state index < -0.39 is 0 Å². The maximum Gasteiger partial charge on any atom is 0.133 e. The average Bonchev–Trinajstić information content (AvgIpc) is 2.47. The second kappa shape index (κ2) is 4.61.